The Kier molecular flexibility index (Phi) is 4.83. The van der Waals surface area contributed by atoms with Crippen molar-refractivity contribution in [1.82, 2.24) is 24.2 Å². The van der Waals surface area contributed by atoms with Gasteiger partial charge in [0, 0.05) is 50.8 Å². The molecule has 0 saturated carbocycles. The lowest BCUT2D eigenvalue weighted by Crippen LogP contribution is -2.36. The van der Waals surface area contributed by atoms with Crippen LogP contribution in [0.5, 0.6) is 0 Å². The minimum Gasteiger partial charge on any atom is -0.380 e. The fourth-order valence-corrected chi connectivity index (χ4v) is 3.95. The Morgan fingerprint density at radius 2 is 2.07 bits per heavy atom. The monoisotopic (exact) mass is 396 g/mol. The molecule has 3 aromatic rings. The van der Waals surface area contributed by atoms with Crippen molar-refractivity contribution in [3.63, 3.8) is 0 Å². The van der Waals surface area contributed by atoms with Crippen LogP contribution >= 0.6 is 0 Å². The average Bonchev–Trinajstić information content (AvgIpc) is 3.31. The maximum absolute atomic E-state index is 13.1. The van der Waals surface area contributed by atoms with E-state index in [0.29, 0.717) is 24.2 Å². The summed E-state index contributed by atoms with van der Waals surface area (Å²) in [5, 5.41) is 12.0. The Balaban J connectivity index is 1.61. The predicted molar refractivity (Wildman–Crippen MR) is 109 cm³/mol. The number of methoxy groups -OCH3 is 1. The zero-order valence-electron chi connectivity index (χ0n) is 16.9. The van der Waals surface area contributed by atoms with Crippen molar-refractivity contribution in [2.75, 3.05) is 19.0 Å². The van der Waals surface area contributed by atoms with Gasteiger partial charge >= 0.3 is 6.03 Å². The molecule has 0 unspecified atom stereocenters. The molecular formula is C20H24N6O3. The van der Waals surface area contributed by atoms with E-state index in [4.69, 9.17) is 4.74 Å². The Labute approximate surface area is 167 Å². The van der Waals surface area contributed by atoms with Gasteiger partial charge in [0.2, 0.25) is 0 Å². The van der Waals surface area contributed by atoms with Gasteiger partial charge in [-0.2, -0.15) is 0 Å². The summed E-state index contributed by atoms with van der Waals surface area (Å²) in [6.07, 6.45) is 2.23. The molecule has 29 heavy (non-hydrogen) atoms. The number of aryl methyl sites for hydroxylation is 3. The molecular weight excluding hydrogens is 372 g/mol. The maximum Gasteiger partial charge on any atom is 0.322 e. The molecule has 4 rings (SSSR count). The molecule has 1 fully saturated rings. The van der Waals surface area contributed by atoms with Crippen LogP contribution in [0.15, 0.2) is 35.4 Å². The Morgan fingerprint density at radius 3 is 2.76 bits per heavy atom. The van der Waals surface area contributed by atoms with E-state index in [0.717, 1.165) is 16.7 Å². The van der Waals surface area contributed by atoms with Crippen molar-refractivity contribution in [1.29, 1.82) is 0 Å². The molecule has 2 aromatic heterocycles. The standard InChI is InChI=1S/C20H24N6O3/c1-12-7-13-8-14(5-6-16(13)25(3)19(12)27)22-20(28)26-10-15(29-4)9-17(26)18-23-21-11-24(18)2/h5-8,11,15,17H,9-10H2,1-4H3,(H,22,28)/t15-,17+/m1/s1. The average molecular weight is 396 g/mol. The maximum atomic E-state index is 13.1. The number of rotatable bonds is 3. The first-order chi connectivity index (χ1) is 13.9. The van der Waals surface area contributed by atoms with Crippen LogP contribution in [0.4, 0.5) is 10.5 Å². The lowest BCUT2D eigenvalue weighted by atomic mass is 10.1. The Hall–Kier alpha value is -3.20. The molecule has 0 bridgehead atoms. The van der Waals surface area contributed by atoms with Gasteiger partial charge in [-0.05, 0) is 31.2 Å². The quantitative estimate of drug-likeness (QED) is 0.730. The van der Waals surface area contributed by atoms with E-state index in [9.17, 15) is 9.59 Å². The number of carbonyl (C=O) groups is 1. The summed E-state index contributed by atoms with van der Waals surface area (Å²) in [5.74, 6) is 0.726. The van der Waals surface area contributed by atoms with Gasteiger partial charge in [-0.15, -0.1) is 10.2 Å². The number of amides is 2. The lowest BCUT2D eigenvalue weighted by molar-refractivity contribution is 0.111. The summed E-state index contributed by atoms with van der Waals surface area (Å²) in [7, 11) is 5.26. The van der Waals surface area contributed by atoms with Crippen LogP contribution in [0.3, 0.4) is 0 Å². The third-order valence-electron chi connectivity index (χ3n) is 5.56. The first-order valence-electron chi connectivity index (χ1n) is 9.43. The normalized spacial score (nSPS) is 19.1. The van der Waals surface area contributed by atoms with Crippen LogP contribution in [0.25, 0.3) is 10.9 Å². The first-order valence-corrected chi connectivity index (χ1v) is 9.43. The number of aromatic nitrogens is 4. The molecule has 9 heteroatoms. The number of pyridine rings is 1. The minimum absolute atomic E-state index is 0.0246. The zero-order chi connectivity index (χ0) is 20.7. The number of hydrogen-bond donors (Lipinski definition) is 1. The molecule has 2 amide bonds. The largest absolute Gasteiger partial charge is 0.380 e. The van der Waals surface area contributed by atoms with Gasteiger partial charge < -0.3 is 24.1 Å². The van der Waals surface area contributed by atoms with Gasteiger partial charge in [-0.25, -0.2) is 4.79 Å². The van der Waals surface area contributed by atoms with E-state index in [2.05, 4.69) is 15.5 Å². The summed E-state index contributed by atoms with van der Waals surface area (Å²) in [6, 6.07) is 6.92. The zero-order valence-corrected chi connectivity index (χ0v) is 16.9. The van der Waals surface area contributed by atoms with Crippen molar-refractivity contribution in [2.45, 2.75) is 25.5 Å². The number of fused-ring (bicyclic) bond motifs is 1. The van der Waals surface area contributed by atoms with Crippen LogP contribution in [0, 0.1) is 6.92 Å². The van der Waals surface area contributed by atoms with E-state index >= 15 is 0 Å². The minimum atomic E-state index is -0.224. The summed E-state index contributed by atoms with van der Waals surface area (Å²) in [5.41, 5.74) is 2.12. The van der Waals surface area contributed by atoms with Crippen molar-refractivity contribution in [3.05, 3.63) is 52.3 Å². The van der Waals surface area contributed by atoms with Crippen LogP contribution in [0.2, 0.25) is 0 Å². The second-order valence-corrected chi connectivity index (χ2v) is 7.46. The molecule has 1 N–H and O–H groups in total. The van der Waals surface area contributed by atoms with E-state index in [-0.39, 0.29) is 23.7 Å². The molecule has 1 aromatic carbocycles. The van der Waals surface area contributed by atoms with Gasteiger partial charge in [-0.3, -0.25) is 4.79 Å². The number of carbonyl (C=O) groups excluding carboxylic acids is 1. The van der Waals surface area contributed by atoms with Gasteiger partial charge in [0.15, 0.2) is 5.82 Å². The number of nitrogens with zero attached hydrogens (tertiary/aromatic N) is 5. The van der Waals surface area contributed by atoms with E-state index in [1.165, 1.54) is 0 Å². The number of ether oxygens (including phenoxy) is 1. The molecule has 0 radical (unpaired) electrons. The molecule has 1 aliphatic heterocycles. The fraction of sp³-hybridized carbons (Fsp3) is 0.400. The van der Waals surface area contributed by atoms with Crippen molar-refractivity contribution in [2.24, 2.45) is 14.1 Å². The molecule has 3 heterocycles. The lowest BCUT2D eigenvalue weighted by Gasteiger charge is -2.24. The van der Waals surface area contributed by atoms with Crippen molar-refractivity contribution in [3.8, 4) is 0 Å². The van der Waals surface area contributed by atoms with Crippen LogP contribution < -0.4 is 10.9 Å². The van der Waals surface area contributed by atoms with Crippen LogP contribution in [-0.4, -0.2) is 50.0 Å². The predicted octanol–water partition coefficient (Wildman–Crippen LogP) is 1.97. The number of benzene rings is 1. The number of hydrogen-bond acceptors (Lipinski definition) is 5. The summed E-state index contributed by atoms with van der Waals surface area (Å²) < 4.78 is 8.93. The highest BCUT2D eigenvalue weighted by Gasteiger charge is 2.38. The summed E-state index contributed by atoms with van der Waals surface area (Å²) >= 11 is 0. The highest BCUT2D eigenvalue weighted by atomic mass is 16.5. The molecule has 1 aliphatic rings. The fourth-order valence-electron chi connectivity index (χ4n) is 3.95. The van der Waals surface area contributed by atoms with Crippen molar-refractivity contribution < 1.29 is 9.53 Å². The van der Waals surface area contributed by atoms with Gasteiger partial charge in [-0.1, -0.05) is 0 Å². The van der Waals surface area contributed by atoms with Gasteiger partial charge in [0.1, 0.15) is 6.33 Å². The van der Waals surface area contributed by atoms with Crippen LogP contribution in [0.1, 0.15) is 23.9 Å². The smallest absolute Gasteiger partial charge is 0.322 e. The van der Waals surface area contributed by atoms with E-state index in [1.807, 2.05) is 29.8 Å². The number of likely N-dealkylation sites (tertiary alicyclic amines) is 1. The molecule has 0 spiro atoms. The second-order valence-electron chi connectivity index (χ2n) is 7.46. The molecule has 2 atom stereocenters. The molecule has 152 valence electrons. The third-order valence-corrected chi connectivity index (χ3v) is 5.56. The topological polar surface area (TPSA) is 94.3 Å². The molecule has 0 aliphatic carbocycles. The van der Waals surface area contributed by atoms with E-state index < -0.39 is 0 Å². The first kappa shape index (κ1) is 19.1. The number of nitrogens with one attached hydrogen (secondary N) is 1. The highest BCUT2D eigenvalue weighted by Crippen LogP contribution is 2.32. The highest BCUT2D eigenvalue weighted by molar-refractivity contribution is 5.93. The summed E-state index contributed by atoms with van der Waals surface area (Å²) in [4.78, 5) is 26.9. The SMILES string of the molecule is CO[C@@H]1C[C@@H](c2nncn2C)N(C(=O)Nc2ccc3c(c2)cc(C)c(=O)n3C)C1. The van der Waals surface area contributed by atoms with E-state index in [1.54, 1.807) is 42.9 Å². The molecule has 1 saturated heterocycles. The molecule has 9 nitrogen and oxygen atoms in total. The summed E-state index contributed by atoms with van der Waals surface area (Å²) in [6.45, 7) is 2.26. The number of urea groups is 1. The third kappa shape index (κ3) is 3.38. The van der Waals surface area contributed by atoms with Crippen LogP contribution in [-0.2, 0) is 18.8 Å². The Morgan fingerprint density at radius 1 is 1.28 bits per heavy atom. The number of anilines is 1. The van der Waals surface area contributed by atoms with Crippen molar-refractivity contribution >= 4 is 22.6 Å². The van der Waals surface area contributed by atoms with Gasteiger partial charge in [0.25, 0.3) is 5.56 Å². The second kappa shape index (κ2) is 7.32. The van der Waals surface area contributed by atoms with Gasteiger partial charge in [0.05, 0.1) is 17.7 Å². The Bertz CT molecular complexity index is 1130.